The Morgan fingerprint density at radius 3 is 2.92 bits per heavy atom. The number of rotatable bonds is 3. The van der Waals surface area contributed by atoms with Crippen molar-refractivity contribution in [2.75, 3.05) is 5.73 Å². The summed E-state index contributed by atoms with van der Waals surface area (Å²) in [6, 6.07) is 9.98. The molecule has 0 aliphatic heterocycles. The second-order valence-corrected chi connectivity index (χ2v) is 6.19. The zero-order valence-electron chi connectivity index (χ0n) is 12.8. The Morgan fingerprint density at radius 2 is 2.12 bits per heavy atom. The monoisotopic (exact) mass is 387 g/mol. The third-order valence-electron chi connectivity index (χ3n) is 3.57. The molecule has 0 fully saturated rings. The van der Waals surface area contributed by atoms with Crippen LogP contribution in [-0.4, -0.2) is 15.4 Å². The molecule has 0 radical (unpaired) electrons. The molecule has 0 saturated heterocycles. The van der Waals surface area contributed by atoms with Gasteiger partial charge in [0.05, 0.1) is 11.3 Å². The Morgan fingerprint density at radius 1 is 1.33 bits per heavy atom. The minimum atomic E-state index is -0.547. The molecule has 6 nitrogen and oxygen atoms in total. The van der Waals surface area contributed by atoms with Crippen LogP contribution in [0.1, 0.15) is 21.6 Å². The molecule has 2 N–H and O–H groups in total. The molecule has 2 heterocycles. The number of aryl methyl sites for hydroxylation is 1. The molecule has 0 spiro atoms. The third kappa shape index (κ3) is 3.16. The molecule has 0 aliphatic carbocycles. The van der Waals surface area contributed by atoms with E-state index < -0.39 is 5.97 Å². The van der Waals surface area contributed by atoms with Crippen LogP contribution < -0.4 is 11.3 Å². The van der Waals surface area contributed by atoms with E-state index in [2.05, 4.69) is 20.9 Å². The summed E-state index contributed by atoms with van der Waals surface area (Å²) in [5.74, 6) is -0.547. The number of anilines is 1. The first-order chi connectivity index (χ1) is 11.5. The van der Waals surface area contributed by atoms with Crippen molar-refractivity contribution in [2.24, 2.45) is 0 Å². The van der Waals surface area contributed by atoms with E-state index in [4.69, 9.17) is 10.5 Å². The fraction of sp³-hybridized carbons (Fsp3) is 0.118. The number of aromatic nitrogens is 2. The number of hydrogen-bond acceptors (Lipinski definition) is 5. The van der Waals surface area contributed by atoms with Crippen molar-refractivity contribution < 1.29 is 9.53 Å². The molecule has 7 heteroatoms. The summed E-state index contributed by atoms with van der Waals surface area (Å²) in [6.45, 7) is 1.71. The van der Waals surface area contributed by atoms with E-state index in [1.165, 1.54) is 10.5 Å². The van der Waals surface area contributed by atoms with E-state index in [1.807, 2.05) is 13.0 Å². The molecule has 0 amide bonds. The number of para-hydroxylation sites is 1. The molecule has 24 heavy (non-hydrogen) atoms. The number of pyridine rings is 1. The van der Waals surface area contributed by atoms with Crippen LogP contribution in [0.15, 0.2) is 51.9 Å². The number of ether oxygens (including phenoxy) is 1. The van der Waals surface area contributed by atoms with Crippen molar-refractivity contribution in [3.63, 3.8) is 0 Å². The molecule has 1 aromatic carbocycles. The van der Waals surface area contributed by atoms with Crippen LogP contribution in [0.25, 0.3) is 5.65 Å². The molecule has 0 bridgehead atoms. The number of carbonyl (C=O) groups excluding carboxylic acids is 1. The second-order valence-electron chi connectivity index (χ2n) is 5.27. The van der Waals surface area contributed by atoms with E-state index >= 15 is 0 Å². The Kier molecular flexibility index (Phi) is 4.35. The van der Waals surface area contributed by atoms with Gasteiger partial charge in [-0.15, -0.1) is 0 Å². The minimum Gasteiger partial charge on any atom is -0.456 e. The maximum Gasteiger partial charge on any atom is 0.340 e. The number of nitrogens with zero attached hydrogens (tertiary/aromatic N) is 2. The number of nitrogen functional groups attached to an aromatic ring is 1. The third-order valence-corrected chi connectivity index (χ3v) is 4.04. The van der Waals surface area contributed by atoms with E-state index in [9.17, 15) is 9.59 Å². The SMILES string of the molecule is Cc1cccc(C(=O)OCc2cc(=O)n3cc(Br)ccc3n2)c1N. The lowest BCUT2D eigenvalue weighted by atomic mass is 10.1. The average Bonchev–Trinajstić information content (AvgIpc) is 2.56. The average molecular weight is 388 g/mol. The van der Waals surface area contributed by atoms with Gasteiger partial charge in [-0.2, -0.15) is 0 Å². The number of nitrogens with two attached hydrogens (primary N) is 1. The predicted octanol–water partition coefficient (Wildman–Crippen LogP) is 2.70. The van der Waals surface area contributed by atoms with Crippen molar-refractivity contribution in [1.29, 1.82) is 0 Å². The summed E-state index contributed by atoms with van der Waals surface area (Å²) in [7, 11) is 0. The molecule has 0 unspecified atom stereocenters. The van der Waals surface area contributed by atoms with Gasteiger partial charge in [0.15, 0.2) is 0 Å². The van der Waals surface area contributed by atoms with Gasteiger partial charge < -0.3 is 10.5 Å². The maximum atomic E-state index is 12.2. The van der Waals surface area contributed by atoms with Gasteiger partial charge in [-0.3, -0.25) is 9.20 Å². The van der Waals surface area contributed by atoms with Gasteiger partial charge in [0.1, 0.15) is 12.3 Å². The molecule has 0 aliphatic rings. The van der Waals surface area contributed by atoms with Crippen molar-refractivity contribution >= 4 is 33.2 Å². The van der Waals surface area contributed by atoms with E-state index in [-0.39, 0.29) is 12.2 Å². The largest absolute Gasteiger partial charge is 0.456 e. The van der Waals surface area contributed by atoms with Gasteiger partial charge in [-0.1, -0.05) is 12.1 Å². The number of esters is 1. The highest BCUT2D eigenvalue weighted by Crippen LogP contribution is 2.18. The van der Waals surface area contributed by atoms with Crippen LogP contribution in [0, 0.1) is 6.92 Å². The zero-order valence-corrected chi connectivity index (χ0v) is 14.4. The van der Waals surface area contributed by atoms with Crippen LogP contribution >= 0.6 is 15.9 Å². The van der Waals surface area contributed by atoms with Crippen LogP contribution in [0.5, 0.6) is 0 Å². The lowest BCUT2D eigenvalue weighted by molar-refractivity contribution is 0.0469. The molecule has 3 aromatic rings. The molecule has 0 saturated carbocycles. The molecular weight excluding hydrogens is 374 g/mol. The first kappa shape index (κ1) is 16.2. The first-order valence-electron chi connectivity index (χ1n) is 7.16. The van der Waals surface area contributed by atoms with Crippen LogP contribution in [0.3, 0.4) is 0 Å². The fourth-order valence-corrected chi connectivity index (χ4v) is 2.61. The highest BCUT2D eigenvalue weighted by Gasteiger charge is 2.13. The van der Waals surface area contributed by atoms with Crippen LogP contribution in [0.4, 0.5) is 5.69 Å². The minimum absolute atomic E-state index is 0.103. The summed E-state index contributed by atoms with van der Waals surface area (Å²) in [5, 5.41) is 0. The zero-order chi connectivity index (χ0) is 17.3. The smallest absolute Gasteiger partial charge is 0.340 e. The number of benzene rings is 1. The van der Waals surface area contributed by atoms with Gasteiger partial charge in [-0.25, -0.2) is 9.78 Å². The number of hydrogen-bond donors (Lipinski definition) is 1. The summed E-state index contributed by atoms with van der Waals surface area (Å²) in [6.07, 6.45) is 1.63. The Balaban J connectivity index is 1.83. The molecule has 3 rings (SSSR count). The highest BCUT2D eigenvalue weighted by atomic mass is 79.9. The van der Waals surface area contributed by atoms with Crippen molar-refractivity contribution in [3.05, 3.63) is 74.2 Å². The van der Waals surface area contributed by atoms with Crippen molar-refractivity contribution in [3.8, 4) is 0 Å². The summed E-state index contributed by atoms with van der Waals surface area (Å²) >= 11 is 3.30. The quantitative estimate of drug-likeness (QED) is 0.551. The Bertz CT molecular complexity index is 998. The maximum absolute atomic E-state index is 12.2. The topological polar surface area (TPSA) is 86.7 Å². The van der Waals surface area contributed by atoms with Gasteiger partial charge >= 0.3 is 5.97 Å². The second kappa shape index (κ2) is 6.45. The van der Waals surface area contributed by atoms with Gasteiger partial charge in [0.25, 0.3) is 5.56 Å². The van der Waals surface area contributed by atoms with Crippen LogP contribution in [0.2, 0.25) is 0 Å². The summed E-state index contributed by atoms with van der Waals surface area (Å²) < 4.78 is 7.42. The Hall–Kier alpha value is -2.67. The van der Waals surface area contributed by atoms with E-state index in [0.29, 0.717) is 22.6 Å². The summed E-state index contributed by atoms with van der Waals surface area (Å²) in [4.78, 5) is 28.6. The van der Waals surface area contributed by atoms with E-state index in [1.54, 1.807) is 30.5 Å². The standard InChI is InChI=1S/C17H14BrN3O3/c1-10-3-2-4-13(16(10)19)17(23)24-9-12-7-15(22)21-8-11(18)5-6-14(21)20-12/h2-8H,9,19H2,1H3. The molecular formula is C17H14BrN3O3. The van der Waals surface area contributed by atoms with Crippen molar-refractivity contribution in [1.82, 2.24) is 9.38 Å². The summed E-state index contributed by atoms with van der Waals surface area (Å²) in [5.41, 5.74) is 7.99. The molecule has 0 atom stereocenters. The van der Waals surface area contributed by atoms with Gasteiger partial charge in [0.2, 0.25) is 0 Å². The normalized spacial score (nSPS) is 10.8. The predicted molar refractivity (Wildman–Crippen MR) is 93.9 cm³/mol. The number of fused-ring (bicyclic) bond motifs is 1. The van der Waals surface area contributed by atoms with Crippen LogP contribution in [-0.2, 0) is 11.3 Å². The Labute approximate surface area is 146 Å². The molecule has 122 valence electrons. The fourth-order valence-electron chi connectivity index (χ4n) is 2.28. The van der Waals surface area contributed by atoms with Crippen molar-refractivity contribution in [2.45, 2.75) is 13.5 Å². The lowest BCUT2D eigenvalue weighted by Gasteiger charge is -2.09. The number of halogens is 1. The van der Waals surface area contributed by atoms with Gasteiger partial charge in [0, 0.05) is 22.4 Å². The van der Waals surface area contributed by atoms with Gasteiger partial charge in [-0.05, 0) is 46.6 Å². The molecule has 2 aromatic heterocycles. The highest BCUT2D eigenvalue weighted by molar-refractivity contribution is 9.10. The number of carbonyl (C=O) groups is 1. The van der Waals surface area contributed by atoms with E-state index in [0.717, 1.165) is 10.0 Å². The lowest BCUT2D eigenvalue weighted by Crippen LogP contribution is -2.17. The first-order valence-corrected chi connectivity index (χ1v) is 7.95.